The quantitative estimate of drug-likeness (QED) is 0.898. The highest BCUT2D eigenvalue weighted by Crippen LogP contribution is 2.26. The largest absolute Gasteiger partial charge is 0.573 e. The van der Waals surface area contributed by atoms with Crippen LogP contribution < -0.4 is 15.6 Å². The fraction of sp³-hybridized carbons (Fsp3) is 0.154. The fourth-order valence-corrected chi connectivity index (χ4v) is 1.61. The number of halogens is 3. The zero-order valence-corrected chi connectivity index (χ0v) is 11.0. The minimum Gasteiger partial charge on any atom is -0.405 e. The third kappa shape index (κ3) is 4.33. The molecule has 0 aliphatic rings. The predicted molar refractivity (Wildman–Crippen MR) is 69.2 cm³/mol. The lowest BCUT2D eigenvalue weighted by molar-refractivity contribution is -0.274. The van der Waals surface area contributed by atoms with Crippen LogP contribution in [0.2, 0.25) is 0 Å². The zero-order valence-electron chi connectivity index (χ0n) is 11.0. The van der Waals surface area contributed by atoms with Crippen molar-refractivity contribution in [1.29, 1.82) is 0 Å². The first kappa shape index (κ1) is 15.5. The highest BCUT2D eigenvalue weighted by atomic mass is 19.4. The van der Waals surface area contributed by atoms with Crippen molar-refractivity contribution in [2.45, 2.75) is 12.9 Å². The second-order valence-electron chi connectivity index (χ2n) is 4.14. The molecule has 0 saturated heterocycles. The van der Waals surface area contributed by atoms with Gasteiger partial charge in [0.1, 0.15) is 11.4 Å². The van der Waals surface area contributed by atoms with Crippen LogP contribution in [0.15, 0.2) is 41.2 Å². The van der Waals surface area contributed by atoms with Gasteiger partial charge in [0.25, 0.3) is 11.5 Å². The molecule has 0 fully saturated rings. The zero-order chi connectivity index (χ0) is 16.2. The Balaban J connectivity index is 2.07. The molecule has 1 heterocycles. The number of hydrogen-bond acceptors (Lipinski definition) is 4. The molecule has 1 aromatic heterocycles. The van der Waals surface area contributed by atoms with Gasteiger partial charge in [-0.15, -0.1) is 13.2 Å². The summed E-state index contributed by atoms with van der Waals surface area (Å²) in [5.74, 6) is -1.04. The van der Waals surface area contributed by atoms with Gasteiger partial charge in [-0.1, -0.05) is 18.2 Å². The van der Waals surface area contributed by atoms with Crippen LogP contribution in [-0.4, -0.2) is 22.5 Å². The van der Waals surface area contributed by atoms with Crippen molar-refractivity contribution in [3.63, 3.8) is 0 Å². The number of nitrogens with one attached hydrogen (secondary N) is 2. The second-order valence-corrected chi connectivity index (χ2v) is 4.14. The van der Waals surface area contributed by atoms with Crippen LogP contribution in [0.5, 0.6) is 5.75 Å². The molecule has 2 N–H and O–H groups in total. The van der Waals surface area contributed by atoms with Crippen LogP contribution in [0.4, 0.5) is 13.2 Å². The number of nitrogens with zero attached hydrogens (tertiary/aromatic N) is 1. The smallest absolute Gasteiger partial charge is 0.405 e. The topological polar surface area (TPSA) is 84.1 Å². The highest BCUT2D eigenvalue weighted by Gasteiger charge is 2.31. The summed E-state index contributed by atoms with van der Waals surface area (Å²) in [7, 11) is 0. The molecule has 22 heavy (non-hydrogen) atoms. The molecule has 9 heteroatoms. The number of alkyl halides is 3. The molecule has 0 aliphatic heterocycles. The maximum Gasteiger partial charge on any atom is 0.573 e. The third-order valence-electron chi connectivity index (χ3n) is 2.55. The van der Waals surface area contributed by atoms with Gasteiger partial charge in [-0.2, -0.15) is 5.10 Å². The molecule has 0 aliphatic carbocycles. The molecular formula is C13H10F3N3O3. The Morgan fingerprint density at radius 2 is 1.95 bits per heavy atom. The number of H-pyrrole nitrogens is 1. The Morgan fingerprint density at radius 3 is 2.59 bits per heavy atom. The van der Waals surface area contributed by atoms with Crippen molar-refractivity contribution in [2.24, 2.45) is 0 Å². The number of aromatic amines is 1. The molecule has 116 valence electrons. The molecular weight excluding hydrogens is 303 g/mol. The van der Waals surface area contributed by atoms with Gasteiger partial charge in [-0.05, 0) is 12.1 Å². The Hall–Kier alpha value is -2.84. The van der Waals surface area contributed by atoms with Crippen LogP contribution in [0.25, 0.3) is 0 Å². The van der Waals surface area contributed by atoms with E-state index < -0.39 is 23.6 Å². The van der Waals surface area contributed by atoms with E-state index in [0.717, 1.165) is 12.1 Å². The lowest BCUT2D eigenvalue weighted by Crippen LogP contribution is -2.26. The normalized spacial score (nSPS) is 11.0. The number of rotatable bonds is 4. The fourth-order valence-electron chi connectivity index (χ4n) is 1.61. The number of aromatic nitrogens is 2. The minimum absolute atomic E-state index is 0.0613. The summed E-state index contributed by atoms with van der Waals surface area (Å²) in [6.07, 6.45) is -4.82. The van der Waals surface area contributed by atoms with E-state index in [4.69, 9.17) is 0 Å². The number of benzene rings is 1. The molecule has 6 nitrogen and oxygen atoms in total. The average molecular weight is 313 g/mol. The maximum atomic E-state index is 12.3. The number of carbonyl (C=O) groups is 1. The maximum absolute atomic E-state index is 12.3. The van der Waals surface area contributed by atoms with Crippen LogP contribution in [0, 0.1) is 0 Å². The van der Waals surface area contributed by atoms with E-state index in [2.05, 4.69) is 20.3 Å². The van der Waals surface area contributed by atoms with Crippen molar-refractivity contribution in [1.82, 2.24) is 15.5 Å². The summed E-state index contributed by atoms with van der Waals surface area (Å²) < 4.78 is 40.7. The summed E-state index contributed by atoms with van der Waals surface area (Å²) in [5, 5.41) is 7.98. The van der Waals surface area contributed by atoms with Gasteiger partial charge in [0.15, 0.2) is 0 Å². The molecule has 0 radical (unpaired) electrons. The summed E-state index contributed by atoms with van der Waals surface area (Å²) in [5.41, 5.74) is -0.383. The molecule has 0 atom stereocenters. The molecule has 2 aromatic rings. The Labute approximate surface area is 121 Å². The van der Waals surface area contributed by atoms with Crippen LogP contribution >= 0.6 is 0 Å². The Kier molecular flexibility index (Phi) is 4.44. The first-order chi connectivity index (χ1) is 10.3. The van der Waals surface area contributed by atoms with Crippen molar-refractivity contribution >= 4 is 5.91 Å². The van der Waals surface area contributed by atoms with Crippen LogP contribution in [0.1, 0.15) is 16.1 Å². The molecule has 1 aromatic carbocycles. The van der Waals surface area contributed by atoms with E-state index >= 15 is 0 Å². The first-order valence-electron chi connectivity index (χ1n) is 6.03. The number of hydrogen-bond donors (Lipinski definition) is 2. The SMILES string of the molecule is O=C(NCc1ccccc1OC(F)(F)F)c1ccc(=O)[nH]n1. The standard InChI is InChI=1S/C13H10F3N3O3/c14-13(15,16)22-10-4-2-1-3-8(10)7-17-12(21)9-5-6-11(20)19-18-9/h1-6H,7H2,(H,17,21)(H,19,20). The lowest BCUT2D eigenvalue weighted by Gasteiger charge is -2.13. The van der Waals surface area contributed by atoms with Crippen molar-refractivity contribution < 1.29 is 22.7 Å². The van der Waals surface area contributed by atoms with Gasteiger partial charge in [-0.3, -0.25) is 9.59 Å². The second kappa shape index (κ2) is 6.29. The summed E-state index contributed by atoms with van der Waals surface area (Å²) in [4.78, 5) is 22.6. The minimum atomic E-state index is -4.82. The van der Waals surface area contributed by atoms with Crippen molar-refractivity contribution in [3.8, 4) is 5.75 Å². The molecule has 0 saturated carbocycles. The number of carbonyl (C=O) groups excluding carboxylic acids is 1. The van der Waals surface area contributed by atoms with E-state index in [1.165, 1.54) is 24.3 Å². The van der Waals surface area contributed by atoms with E-state index in [1.807, 2.05) is 0 Å². The molecule has 0 spiro atoms. The Morgan fingerprint density at radius 1 is 1.23 bits per heavy atom. The summed E-state index contributed by atoms with van der Waals surface area (Å²) in [6.45, 7) is -0.189. The van der Waals surface area contributed by atoms with Gasteiger partial charge in [0.2, 0.25) is 0 Å². The molecule has 1 amide bonds. The number of para-hydroxylation sites is 1. The lowest BCUT2D eigenvalue weighted by atomic mass is 10.2. The van der Waals surface area contributed by atoms with Gasteiger partial charge in [-0.25, -0.2) is 5.10 Å². The molecule has 0 unspecified atom stereocenters. The molecule has 2 rings (SSSR count). The van der Waals surface area contributed by atoms with Gasteiger partial charge >= 0.3 is 6.36 Å². The van der Waals surface area contributed by atoms with E-state index in [1.54, 1.807) is 0 Å². The van der Waals surface area contributed by atoms with Gasteiger partial charge < -0.3 is 10.1 Å². The monoisotopic (exact) mass is 313 g/mol. The first-order valence-corrected chi connectivity index (χ1v) is 6.03. The highest BCUT2D eigenvalue weighted by molar-refractivity contribution is 5.91. The number of ether oxygens (including phenoxy) is 1. The predicted octanol–water partition coefficient (Wildman–Crippen LogP) is 1.60. The third-order valence-corrected chi connectivity index (χ3v) is 2.55. The van der Waals surface area contributed by atoms with E-state index in [9.17, 15) is 22.8 Å². The van der Waals surface area contributed by atoms with Crippen LogP contribution in [0.3, 0.4) is 0 Å². The average Bonchev–Trinajstić information content (AvgIpc) is 2.45. The van der Waals surface area contributed by atoms with Gasteiger partial charge in [0.05, 0.1) is 0 Å². The van der Waals surface area contributed by atoms with E-state index in [-0.39, 0.29) is 17.8 Å². The van der Waals surface area contributed by atoms with Crippen molar-refractivity contribution in [2.75, 3.05) is 0 Å². The van der Waals surface area contributed by atoms with Crippen molar-refractivity contribution in [3.05, 3.63) is 58.0 Å². The van der Waals surface area contributed by atoms with Crippen LogP contribution in [-0.2, 0) is 6.54 Å². The van der Waals surface area contributed by atoms with Gasteiger partial charge in [0, 0.05) is 18.2 Å². The summed E-state index contributed by atoms with van der Waals surface area (Å²) >= 11 is 0. The molecule has 0 bridgehead atoms. The number of amides is 1. The Bertz CT molecular complexity index is 708. The van der Waals surface area contributed by atoms with E-state index in [0.29, 0.717) is 0 Å². The summed E-state index contributed by atoms with van der Waals surface area (Å²) in [6, 6.07) is 7.75.